The minimum atomic E-state index is 0.944. The van der Waals surface area contributed by atoms with Crippen LogP contribution in [0.2, 0.25) is 0 Å². The van der Waals surface area contributed by atoms with Gasteiger partial charge < -0.3 is 4.42 Å². The molecule has 0 fully saturated rings. The summed E-state index contributed by atoms with van der Waals surface area (Å²) in [7, 11) is 2.13. The lowest BCUT2D eigenvalue weighted by atomic mass is 9.93. The molecule has 0 bridgehead atoms. The van der Waals surface area contributed by atoms with Crippen LogP contribution in [0.5, 0.6) is 0 Å². The predicted octanol–water partition coefficient (Wildman–Crippen LogP) is 7.33. The highest BCUT2D eigenvalue weighted by Crippen LogP contribution is 2.43. The predicted molar refractivity (Wildman–Crippen MR) is 130 cm³/mol. The van der Waals surface area contributed by atoms with E-state index in [1.165, 1.54) is 59.6 Å². The second-order valence-electron chi connectivity index (χ2n) is 8.51. The van der Waals surface area contributed by atoms with Gasteiger partial charge in [-0.3, -0.25) is 0 Å². The summed E-state index contributed by atoms with van der Waals surface area (Å²) >= 11 is 0. The van der Waals surface area contributed by atoms with Gasteiger partial charge in [-0.1, -0.05) is 54.6 Å². The molecule has 0 saturated heterocycles. The molecule has 2 nitrogen and oxygen atoms in total. The summed E-state index contributed by atoms with van der Waals surface area (Å²) in [5.41, 5.74) is 4.46. The fourth-order valence-electron chi connectivity index (χ4n) is 5.43. The van der Waals surface area contributed by atoms with E-state index in [4.69, 9.17) is 4.42 Å². The molecule has 0 radical (unpaired) electrons. The average Bonchev–Trinajstić information content (AvgIpc) is 3.18. The lowest BCUT2D eigenvalue weighted by Gasteiger charge is -2.10. The Morgan fingerprint density at radius 2 is 1.39 bits per heavy atom. The van der Waals surface area contributed by atoms with Crippen molar-refractivity contribution in [2.24, 2.45) is 7.05 Å². The zero-order valence-electron chi connectivity index (χ0n) is 17.4. The number of nitrogens with zero attached hydrogens (tertiary/aromatic N) is 1. The minimum absolute atomic E-state index is 0.944. The quantitative estimate of drug-likeness (QED) is 0.193. The van der Waals surface area contributed by atoms with E-state index in [0.29, 0.717) is 0 Å². The Kier molecular flexibility index (Phi) is 3.17. The molecular weight excluding hydrogens is 378 g/mol. The topological polar surface area (TPSA) is 17.0 Å². The van der Waals surface area contributed by atoms with Crippen LogP contribution in [-0.4, -0.2) is 0 Å². The number of rotatable bonds is 0. The van der Waals surface area contributed by atoms with Crippen LogP contribution in [0.1, 0.15) is 5.56 Å². The lowest BCUT2D eigenvalue weighted by molar-refractivity contribution is -0.644. The van der Waals surface area contributed by atoms with Gasteiger partial charge in [-0.2, -0.15) is 0 Å². The molecule has 0 aliphatic carbocycles. The van der Waals surface area contributed by atoms with E-state index in [1.807, 2.05) is 0 Å². The van der Waals surface area contributed by atoms with Gasteiger partial charge in [-0.05, 0) is 52.2 Å². The molecule has 146 valence electrons. The molecule has 0 spiro atoms. The molecule has 0 saturated carbocycles. The molecule has 31 heavy (non-hydrogen) atoms. The van der Waals surface area contributed by atoms with Crippen LogP contribution in [0.3, 0.4) is 0 Å². The maximum Gasteiger partial charge on any atom is 0.221 e. The first-order valence-corrected chi connectivity index (χ1v) is 10.7. The average molecular weight is 398 g/mol. The van der Waals surface area contributed by atoms with Crippen molar-refractivity contribution in [2.45, 2.75) is 6.92 Å². The first kappa shape index (κ1) is 16.8. The zero-order valence-corrected chi connectivity index (χ0v) is 17.4. The Labute approximate surface area is 178 Å². The third-order valence-corrected chi connectivity index (χ3v) is 6.78. The number of aromatic nitrogens is 1. The summed E-state index contributed by atoms with van der Waals surface area (Å²) < 4.78 is 8.83. The van der Waals surface area contributed by atoms with Crippen molar-refractivity contribution >= 4 is 65.2 Å². The van der Waals surface area contributed by atoms with Gasteiger partial charge in [0.05, 0.1) is 10.8 Å². The third-order valence-electron chi connectivity index (χ3n) is 6.78. The van der Waals surface area contributed by atoms with Gasteiger partial charge in [0.1, 0.15) is 18.2 Å². The smallest absolute Gasteiger partial charge is 0.221 e. The van der Waals surface area contributed by atoms with E-state index >= 15 is 0 Å². The molecule has 2 heterocycles. The summed E-state index contributed by atoms with van der Waals surface area (Å²) in [5.74, 6) is 0. The van der Waals surface area contributed by atoms with Crippen LogP contribution in [0, 0.1) is 6.92 Å². The number of pyridine rings is 1. The number of hydrogen-bond donors (Lipinski definition) is 0. The zero-order chi connectivity index (χ0) is 20.7. The molecule has 0 aliphatic heterocycles. The second-order valence-corrected chi connectivity index (χ2v) is 8.51. The normalized spacial score (nSPS) is 12.2. The Hall–Kier alpha value is -3.91. The minimum Gasteiger partial charge on any atom is -0.455 e. The maximum atomic E-state index is 6.59. The molecule has 0 unspecified atom stereocenters. The van der Waals surface area contributed by atoms with Gasteiger partial charge in [0.2, 0.25) is 5.52 Å². The van der Waals surface area contributed by atoms with Gasteiger partial charge in [0.25, 0.3) is 0 Å². The molecule has 2 aromatic heterocycles. The van der Waals surface area contributed by atoms with Gasteiger partial charge in [-0.15, -0.1) is 0 Å². The monoisotopic (exact) mass is 398 g/mol. The van der Waals surface area contributed by atoms with Crippen molar-refractivity contribution < 1.29 is 8.98 Å². The van der Waals surface area contributed by atoms with E-state index < -0.39 is 0 Å². The maximum absolute atomic E-state index is 6.59. The van der Waals surface area contributed by atoms with Crippen LogP contribution in [-0.2, 0) is 7.05 Å². The molecule has 0 N–H and O–H groups in total. The first-order chi connectivity index (χ1) is 15.2. The molecule has 7 aromatic rings. The van der Waals surface area contributed by atoms with Gasteiger partial charge >= 0.3 is 0 Å². The van der Waals surface area contributed by atoms with Crippen molar-refractivity contribution in [3.8, 4) is 0 Å². The molecule has 5 aromatic carbocycles. The van der Waals surface area contributed by atoms with Crippen LogP contribution >= 0.6 is 0 Å². The summed E-state index contributed by atoms with van der Waals surface area (Å²) in [6.45, 7) is 2.20. The highest BCUT2D eigenvalue weighted by molar-refractivity contribution is 6.33. The SMILES string of the molecule is Cc1cccc2c3ccc4c(oc5ccc6ccccc6c54)c3c3ccc[n+](C)c3c12. The number of hydrogen-bond acceptors (Lipinski definition) is 1. The fraction of sp³-hybridized carbons (Fsp3) is 0.0690. The Morgan fingerprint density at radius 1 is 0.613 bits per heavy atom. The van der Waals surface area contributed by atoms with Gasteiger partial charge in [0, 0.05) is 22.2 Å². The van der Waals surface area contributed by atoms with Crippen LogP contribution in [0.15, 0.2) is 89.5 Å². The molecule has 0 atom stereocenters. The third kappa shape index (κ3) is 2.09. The molecular formula is C29H20NO+. The Balaban J connectivity index is 1.84. The number of aryl methyl sites for hydroxylation is 2. The highest BCUT2D eigenvalue weighted by atomic mass is 16.3. The van der Waals surface area contributed by atoms with Crippen molar-refractivity contribution in [1.29, 1.82) is 0 Å². The van der Waals surface area contributed by atoms with Gasteiger partial charge in [0.15, 0.2) is 6.20 Å². The van der Waals surface area contributed by atoms with Crippen molar-refractivity contribution in [1.82, 2.24) is 0 Å². The number of benzene rings is 5. The molecule has 2 heteroatoms. The summed E-state index contributed by atoms with van der Waals surface area (Å²) in [6.07, 6.45) is 2.13. The number of furan rings is 1. The second kappa shape index (κ2) is 5.83. The van der Waals surface area contributed by atoms with E-state index in [1.54, 1.807) is 0 Å². The Bertz CT molecular complexity index is 1860. The van der Waals surface area contributed by atoms with E-state index in [9.17, 15) is 0 Å². The van der Waals surface area contributed by atoms with Crippen molar-refractivity contribution in [3.05, 3.63) is 90.6 Å². The van der Waals surface area contributed by atoms with E-state index in [0.717, 1.165) is 11.2 Å². The molecule has 0 aliphatic rings. The standard InChI is InChI=1S/C29H20NO/c1-17-7-5-10-20-21-13-14-23-26-19-9-4-3-8-18(19)12-15-24(26)31-29(23)27(21)22-11-6-16-30(2)28(22)25(17)20/h3-16H,1-2H3/q+1. The molecule has 0 amide bonds. The van der Waals surface area contributed by atoms with Crippen LogP contribution in [0.25, 0.3) is 65.2 Å². The largest absolute Gasteiger partial charge is 0.455 e. The highest BCUT2D eigenvalue weighted by Gasteiger charge is 2.21. The van der Waals surface area contributed by atoms with Crippen LogP contribution < -0.4 is 4.57 Å². The number of fused-ring (bicyclic) bond motifs is 12. The Morgan fingerprint density at radius 3 is 2.32 bits per heavy atom. The summed E-state index contributed by atoms with van der Waals surface area (Å²) in [5, 5.41) is 11.1. The van der Waals surface area contributed by atoms with Crippen LogP contribution in [0.4, 0.5) is 0 Å². The van der Waals surface area contributed by atoms with Crippen molar-refractivity contribution in [2.75, 3.05) is 0 Å². The van der Waals surface area contributed by atoms with Gasteiger partial charge in [-0.25, -0.2) is 4.57 Å². The fourth-order valence-corrected chi connectivity index (χ4v) is 5.43. The van der Waals surface area contributed by atoms with E-state index in [2.05, 4.69) is 104 Å². The van der Waals surface area contributed by atoms with E-state index in [-0.39, 0.29) is 0 Å². The summed E-state index contributed by atoms with van der Waals surface area (Å²) in [6, 6.07) is 28.3. The van der Waals surface area contributed by atoms with Crippen molar-refractivity contribution in [3.63, 3.8) is 0 Å². The lowest BCUT2D eigenvalue weighted by Crippen LogP contribution is -2.28. The summed E-state index contributed by atoms with van der Waals surface area (Å²) in [4.78, 5) is 0. The first-order valence-electron chi connectivity index (χ1n) is 10.7. The molecule has 7 rings (SSSR count).